The van der Waals surface area contributed by atoms with Crippen LogP contribution in [0.25, 0.3) is 11.0 Å². The van der Waals surface area contributed by atoms with Crippen LogP contribution in [-0.2, 0) is 18.4 Å². The molecule has 1 amide bonds. The van der Waals surface area contributed by atoms with Crippen molar-refractivity contribution in [1.29, 1.82) is 5.41 Å². The van der Waals surface area contributed by atoms with E-state index in [1.54, 1.807) is 60.7 Å². The van der Waals surface area contributed by atoms with Crippen molar-refractivity contribution in [3.8, 4) is 5.75 Å². The number of aryl methyl sites for hydroxylation is 1. The van der Waals surface area contributed by atoms with Crippen LogP contribution >= 0.6 is 0 Å². The number of fused-ring (bicyclic) bond motifs is 1. The van der Waals surface area contributed by atoms with Crippen LogP contribution in [0.5, 0.6) is 5.75 Å². The van der Waals surface area contributed by atoms with Crippen molar-refractivity contribution in [3.63, 3.8) is 0 Å². The summed E-state index contributed by atoms with van der Waals surface area (Å²) in [6.45, 7) is -0.329. The van der Waals surface area contributed by atoms with Crippen LogP contribution in [0.2, 0.25) is 0 Å². The predicted molar refractivity (Wildman–Crippen MR) is 126 cm³/mol. The number of carboxylic acids is 1. The third-order valence-electron chi connectivity index (χ3n) is 5.22. The van der Waals surface area contributed by atoms with Crippen LogP contribution in [0.3, 0.4) is 0 Å². The highest BCUT2D eigenvalue weighted by Gasteiger charge is 2.22. The molecule has 0 aliphatic heterocycles. The first-order valence-electron chi connectivity index (χ1n) is 10.3. The molecule has 2 aromatic heterocycles. The summed E-state index contributed by atoms with van der Waals surface area (Å²) in [6.07, 6.45) is 1.50. The van der Waals surface area contributed by atoms with E-state index in [1.165, 1.54) is 6.20 Å². The fourth-order valence-electron chi connectivity index (χ4n) is 3.45. The number of benzene rings is 2. The number of imidazole rings is 1. The third kappa shape index (κ3) is 4.70. The van der Waals surface area contributed by atoms with Gasteiger partial charge in [0.15, 0.2) is 0 Å². The van der Waals surface area contributed by atoms with Gasteiger partial charge in [-0.1, -0.05) is 6.07 Å². The highest BCUT2D eigenvalue weighted by atomic mass is 16.5. The van der Waals surface area contributed by atoms with Gasteiger partial charge < -0.3 is 20.1 Å². The number of amidine groups is 1. The standard InChI is InChI=1S/C24H22N6O4/c1-29-19-10-7-16(24(33)30(13-22(31)32)20-4-2-3-11-27-20)12-18(19)28-21(29)14-34-17-8-5-15(6-9-17)23(25)26/h2-12H,13-14H2,1H3,(H3,25,26)(H,31,32). The summed E-state index contributed by atoms with van der Waals surface area (Å²) in [4.78, 5) is 34.3. The molecule has 2 heterocycles. The number of hydrogen-bond acceptors (Lipinski definition) is 6. The number of carboxylic acid groups (broad SMARTS) is 1. The lowest BCUT2D eigenvalue weighted by Gasteiger charge is -2.19. The molecule has 172 valence electrons. The molecule has 0 atom stereocenters. The van der Waals surface area contributed by atoms with Gasteiger partial charge in [0.25, 0.3) is 5.91 Å². The molecule has 2 aromatic carbocycles. The molecule has 0 aliphatic carbocycles. The molecule has 10 heteroatoms. The molecule has 0 saturated heterocycles. The maximum Gasteiger partial charge on any atom is 0.323 e. The number of aliphatic carboxylic acids is 1. The van der Waals surface area contributed by atoms with E-state index in [1.807, 2.05) is 11.6 Å². The zero-order valence-corrected chi connectivity index (χ0v) is 18.3. The molecular weight excluding hydrogens is 436 g/mol. The number of carbonyl (C=O) groups is 2. The second-order valence-electron chi connectivity index (χ2n) is 7.49. The van der Waals surface area contributed by atoms with E-state index in [0.717, 1.165) is 10.4 Å². The lowest BCUT2D eigenvalue weighted by Crippen LogP contribution is -2.36. The lowest BCUT2D eigenvalue weighted by molar-refractivity contribution is -0.135. The molecule has 4 rings (SSSR count). The van der Waals surface area contributed by atoms with Crippen LogP contribution in [0, 0.1) is 5.41 Å². The Morgan fingerprint density at radius 2 is 1.85 bits per heavy atom. The van der Waals surface area contributed by atoms with Crippen molar-refractivity contribution in [2.24, 2.45) is 12.8 Å². The minimum atomic E-state index is -1.14. The summed E-state index contributed by atoms with van der Waals surface area (Å²) < 4.78 is 7.67. The van der Waals surface area contributed by atoms with E-state index in [-0.39, 0.29) is 18.3 Å². The Morgan fingerprint density at radius 1 is 1.12 bits per heavy atom. The number of amides is 1. The molecule has 10 nitrogen and oxygen atoms in total. The largest absolute Gasteiger partial charge is 0.486 e. The monoisotopic (exact) mass is 458 g/mol. The molecule has 4 N–H and O–H groups in total. The molecule has 0 saturated carbocycles. The van der Waals surface area contributed by atoms with Gasteiger partial charge in [-0.3, -0.25) is 19.9 Å². The summed E-state index contributed by atoms with van der Waals surface area (Å²) in [7, 11) is 1.85. The van der Waals surface area contributed by atoms with Gasteiger partial charge in [0, 0.05) is 24.4 Å². The number of carbonyl (C=O) groups excluding carboxylic acids is 1. The lowest BCUT2D eigenvalue weighted by atomic mass is 10.1. The molecule has 0 unspecified atom stereocenters. The van der Waals surface area contributed by atoms with Crippen molar-refractivity contribution in [3.05, 3.63) is 83.8 Å². The van der Waals surface area contributed by atoms with Crippen LogP contribution in [0.4, 0.5) is 5.82 Å². The Hall–Kier alpha value is -4.73. The molecule has 0 fully saturated rings. The van der Waals surface area contributed by atoms with Crippen LogP contribution in [0.15, 0.2) is 66.9 Å². The van der Waals surface area contributed by atoms with Crippen molar-refractivity contribution in [2.45, 2.75) is 6.61 Å². The number of nitrogens with two attached hydrogens (primary N) is 1. The number of nitrogens with zero attached hydrogens (tertiary/aromatic N) is 4. The van der Waals surface area contributed by atoms with E-state index in [2.05, 4.69) is 9.97 Å². The fraction of sp³-hybridized carbons (Fsp3) is 0.125. The maximum atomic E-state index is 13.1. The third-order valence-corrected chi connectivity index (χ3v) is 5.22. The number of pyridine rings is 1. The van der Waals surface area contributed by atoms with E-state index >= 15 is 0 Å². The smallest absolute Gasteiger partial charge is 0.323 e. The number of nitrogens with one attached hydrogen (secondary N) is 1. The maximum absolute atomic E-state index is 13.1. The average Bonchev–Trinajstić information content (AvgIpc) is 3.16. The number of ether oxygens (including phenoxy) is 1. The van der Waals surface area contributed by atoms with Gasteiger partial charge >= 0.3 is 5.97 Å². The zero-order chi connectivity index (χ0) is 24.2. The van der Waals surface area contributed by atoms with E-state index < -0.39 is 18.4 Å². The first-order valence-corrected chi connectivity index (χ1v) is 10.3. The zero-order valence-electron chi connectivity index (χ0n) is 18.3. The van der Waals surface area contributed by atoms with Crippen molar-refractivity contribution >= 4 is 34.6 Å². The molecular formula is C24H22N6O4. The summed E-state index contributed by atoms with van der Waals surface area (Å²) in [5, 5.41) is 16.7. The minimum absolute atomic E-state index is 0.0165. The van der Waals surface area contributed by atoms with E-state index in [4.69, 9.17) is 15.9 Å². The molecule has 4 aromatic rings. The van der Waals surface area contributed by atoms with Crippen molar-refractivity contribution < 1.29 is 19.4 Å². The molecule has 34 heavy (non-hydrogen) atoms. The molecule has 0 spiro atoms. The SMILES string of the molecule is Cn1c(COc2ccc(C(=N)N)cc2)nc2cc(C(=O)N(CC(=O)O)c3ccccn3)ccc21. The molecule has 0 bridgehead atoms. The summed E-state index contributed by atoms with van der Waals surface area (Å²) in [6, 6.07) is 16.8. The quantitative estimate of drug-likeness (QED) is 0.271. The topological polar surface area (TPSA) is 147 Å². The molecule has 0 radical (unpaired) electrons. The number of anilines is 1. The van der Waals surface area contributed by atoms with Crippen molar-refractivity contribution in [1.82, 2.24) is 14.5 Å². The van der Waals surface area contributed by atoms with Crippen LogP contribution in [-0.4, -0.2) is 43.9 Å². The first-order chi connectivity index (χ1) is 16.3. The Morgan fingerprint density at radius 3 is 2.50 bits per heavy atom. The minimum Gasteiger partial charge on any atom is -0.486 e. The number of hydrogen-bond donors (Lipinski definition) is 3. The number of nitrogen functional groups attached to an aromatic ring is 1. The summed E-state index contributed by atoms with van der Waals surface area (Å²) >= 11 is 0. The highest BCUT2D eigenvalue weighted by molar-refractivity contribution is 6.09. The van der Waals surface area contributed by atoms with Crippen LogP contribution in [0.1, 0.15) is 21.7 Å². The van der Waals surface area contributed by atoms with Gasteiger partial charge in [0.05, 0.1) is 11.0 Å². The second-order valence-corrected chi connectivity index (χ2v) is 7.49. The Labute approximate surface area is 194 Å². The van der Waals surface area contributed by atoms with Crippen LogP contribution < -0.4 is 15.4 Å². The van der Waals surface area contributed by atoms with Gasteiger partial charge in [-0.05, 0) is 54.6 Å². The van der Waals surface area contributed by atoms with Gasteiger partial charge in [-0.25, -0.2) is 9.97 Å². The normalized spacial score (nSPS) is 10.7. The second kappa shape index (κ2) is 9.41. The van der Waals surface area contributed by atoms with E-state index in [0.29, 0.717) is 28.2 Å². The molecule has 0 aliphatic rings. The predicted octanol–water partition coefficient (Wildman–Crippen LogP) is 2.56. The average molecular weight is 458 g/mol. The summed E-state index contributed by atoms with van der Waals surface area (Å²) in [5.74, 6) is -0.154. The van der Waals surface area contributed by atoms with Gasteiger partial charge in [0.2, 0.25) is 0 Å². The number of aromatic nitrogens is 3. The Balaban J connectivity index is 1.57. The first kappa shape index (κ1) is 22.5. The highest BCUT2D eigenvalue weighted by Crippen LogP contribution is 2.21. The Bertz CT molecular complexity index is 1370. The summed E-state index contributed by atoms with van der Waals surface area (Å²) in [5.41, 5.74) is 7.75. The van der Waals surface area contributed by atoms with Gasteiger partial charge in [0.1, 0.15) is 36.4 Å². The van der Waals surface area contributed by atoms with Gasteiger partial charge in [-0.2, -0.15) is 0 Å². The fourth-order valence-corrected chi connectivity index (χ4v) is 3.45. The Kier molecular flexibility index (Phi) is 6.22. The van der Waals surface area contributed by atoms with Gasteiger partial charge in [-0.15, -0.1) is 0 Å². The number of rotatable bonds is 8. The van der Waals surface area contributed by atoms with Crippen molar-refractivity contribution in [2.75, 3.05) is 11.4 Å². The van der Waals surface area contributed by atoms with E-state index in [9.17, 15) is 14.7 Å².